The molecule has 2 saturated heterocycles. The SMILES string of the molecule is Cc1ccc(C#N)cc1S(=O)(=O)N1CCN2CCC[C@H]2C1. The van der Waals surface area contributed by atoms with Crippen molar-refractivity contribution in [3.8, 4) is 6.07 Å². The van der Waals surface area contributed by atoms with E-state index < -0.39 is 10.0 Å². The minimum atomic E-state index is -3.51. The number of hydrogen-bond acceptors (Lipinski definition) is 4. The lowest BCUT2D eigenvalue weighted by Crippen LogP contribution is -2.51. The van der Waals surface area contributed by atoms with Gasteiger partial charge in [-0.05, 0) is 44.0 Å². The lowest BCUT2D eigenvalue weighted by atomic mass is 10.2. The number of nitriles is 1. The van der Waals surface area contributed by atoms with E-state index in [0.717, 1.165) is 25.9 Å². The van der Waals surface area contributed by atoms with Crippen LogP contribution in [0.3, 0.4) is 0 Å². The average molecular weight is 305 g/mol. The van der Waals surface area contributed by atoms with Gasteiger partial charge in [-0.2, -0.15) is 9.57 Å². The van der Waals surface area contributed by atoms with Crippen molar-refractivity contribution in [1.82, 2.24) is 9.21 Å². The molecule has 1 aromatic carbocycles. The van der Waals surface area contributed by atoms with Crippen LogP contribution in [0.25, 0.3) is 0 Å². The van der Waals surface area contributed by atoms with Crippen molar-refractivity contribution in [3.05, 3.63) is 29.3 Å². The average Bonchev–Trinajstić information content (AvgIpc) is 2.95. The Morgan fingerprint density at radius 3 is 2.86 bits per heavy atom. The maximum atomic E-state index is 12.9. The van der Waals surface area contributed by atoms with Gasteiger partial charge in [0.05, 0.1) is 16.5 Å². The molecule has 0 saturated carbocycles. The van der Waals surface area contributed by atoms with E-state index >= 15 is 0 Å². The molecule has 112 valence electrons. The Labute approximate surface area is 125 Å². The third-order valence-electron chi connectivity index (χ3n) is 4.49. The van der Waals surface area contributed by atoms with Crippen molar-refractivity contribution in [2.45, 2.75) is 30.7 Å². The molecule has 2 heterocycles. The van der Waals surface area contributed by atoms with Crippen LogP contribution >= 0.6 is 0 Å². The molecule has 0 aromatic heterocycles. The topological polar surface area (TPSA) is 64.4 Å². The summed E-state index contributed by atoms with van der Waals surface area (Å²) in [4.78, 5) is 2.65. The number of benzene rings is 1. The third kappa shape index (κ3) is 2.57. The van der Waals surface area contributed by atoms with Crippen molar-refractivity contribution < 1.29 is 8.42 Å². The number of fused-ring (bicyclic) bond motifs is 1. The molecule has 2 aliphatic rings. The molecule has 0 aliphatic carbocycles. The fourth-order valence-electron chi connectivity index (χ4n) is 3.27. The molecular weight excluding hydrogens is 286 g/mol. The quantitative estimate of drug-likeness (QED) is 0.827. The fraction of sp³-hybridized carbons (Fsp3) is 0.533. The predicted octanol–water partition coefficient (Wildman–Crippen LogP) is 1.34. The van der Waals surface area contributed by atoms with Crippen LogP contribution in [-0.2, 0) is 10.0 Å². The minimum Gasteiger partial charge on any atom is -0.298 e. The summed E-state index contributed by atoms with van der Waals surface area (Å²) in [5.41, 5.74) is 1.08. The Morgan fingerprint density at radius 2 is 2.10 bits per heavy atom. The summed E-state index contributed by atoms with van der Waals surface area (Å²) in [5.74, 6) is 0. The maximum absolute atomic E-state index is 12.9. The molecule has 0 radical (unpaired) electrons. The van der Waals surface area contributed by atoms with Gasteiger partial charge in [-0.15, -0.1) is 0 Å². The molecule has 1 aromatic rings. The van der Waals surface area contributed by atoms with Gasteiger partial charge in [-0.3, -0.25) is 4.90 Å². The van der Waals surface area contributed by atoms with Crippen LogP contribution in [0.5, 0.6) is 0 Å². The molecule has 0 N–H and O–H groups in total. The van der Waals surface area contributed by atoms with Gasteiger partial charge < -0.3 is 0 Å². The fourth-order valence-corrected chi connectivity index (χ4v) is 4.99. The van der Waals surface area contributed by atoms with Gasteiger partial charge in [0.25, 0.3) is 0 Å². The molecule has 1 atom stereocenters. The van der Waals surface area contributed by atoms with Gasteiger partial charge in [-0.25, -0.2) is 8.42 Å². The van der Waals surface area contributed by atoms with E-state index in [4.69, 9.17) is 5.26 Å². The van der Waals surface area contributed by atoms with E-state index in [2.05, 4.69) is 4.90 Å². The largest absolute Gasteiger partial charge is 0.298 e. The van der Waals surface area contributed by atoms with Crippen LogP contribution < -0.4 is 0 Å². The van der Waals surface area contributed by atoms with Crippen molar-refractivity contribution in [2.75, 3.05) is 26.2 Å². The molecule has 21 heavy (non-hydrogen) atoms. The van der Waals surface area contributed by atoms with Crippen LogP contribution in [0.15, 0.2) is 23.1 Å². The Morgan fingerprint density at radius 1 is 1.29 bits per heavy atom. The molecule has 0 amide bonds. The zero-order chi connectivity index (χ0) is 15.0. The minimum absolute atomic E-state index is 0.271. The second kappa shape index (κ2) is 5.41. The Hall–Kier alpha value is -1.42. The molecule has 6 heteroatoms. The highest BCUT2D eigenvalue weighted by Gasteiger charge is 2.36. The summed E-state index contributed by atoms with van der Waals surface area (Å²) in [5, 5.41) is 8.99. The molecule has 2 aliphatic heterocycles. The summed E-state index contributed by atoms with van der Waals surface area (Å²) < 4.78 is 27.3. The number of hydrogen-bond donors (Lipinski definition) is 0. The number of nitrogens with zero attached hydrogens (tertiary/aromatic N) is 3. The van der Waals surface area contributed by atoms with Crippen LogP contribution in [0.2, 0.25) is 0 Å². The van der Waals surface area contributed by atoms with Crippen LogP contribution in [-0.4, -0.2) is 49.8 Å². The molecule has 0 spiro atoms. The summed E-state index contributed by atoms with van der Waals surface area (Å²) in [7, 11) is -3.51. The smallest absolute Gasteiger partial charge is 0.243 e. The summed E-state index contributed by atoms with van der Waals surface area (Å²) in [6, 6.07) is 7.22. The van der Waals surface area contributed by atoms with E-state index in [1.54, 1.807) is 23.4 Å². The summed E-state index contributed by atoms with van der Waals surface area (Å²) >= 11 is 0. The van der Waals surface area contributed by atoms with E-state index in [9.17, 15) is 8.42 Å². The van der Waals surface area contributed by atoms with E-state index in [1.807, 2.05) is 6.07 Å². The van der Waals surface area contributed by atoms with Crippen LogP contribution in [0.4, 0.5) is 0 Å². The molecule has 5 nitrogen and oxygen atoms in total. The highest BCUT2D eigenvalue weighted by molar-refractivity contribution is 7.89. The Bertz CT molecular complexity index is 693. The number of sulfonamides is 1. The Balaban J connectivity index is 1.92. The van der Waals surface area contributed by atoms with Gasteiger partial charge in [-0.1, -0.05) is 6.07 Å². The van der Waals surface area contributed by atoms with Crippen molar-refractivity contribution in [3.63, 3.8) is 0 Å². The highest BCUT2D eigenvalue weighted by Crippen LogP contribution is 2.27. The second-order valence-corrected chi connectivity index (χ2v) is 7.69. The Kier molecular flexibility index (Phi) is 3.74. The van der Waals surface area contributed by atoms with Gasteiger partial charge >= 0.3 is 0 Å². The monoisotopic (exact) mass is 305 g/mol. The van der Waals surface area contributed by atoms with Crippen LogP contribution in [0.1, 0.15) is 24.0 Å². The first-order valence-corrected chi connectivity index (χ1v) is 8.71. The van der Waals surface area contributed by atoms with Gasteiger partial charge in [0, 0.05) is 25.7 Å². The van der Waals surface area contributed by atoms with Crippen LogP contribution in [0, 0.1) is 18.3 Å². The number of aryl methyl sites for hydroxylation is 1. The van der Waals surface area contributed by atoms with Gasteiger partial charge in [0.15, 0.2) is 0 Å². The standard InChI is InChI=1S/C15H19N3O2S/c1-12-4-5-13(10-16)9-15(12)21(19,20)18-8-7-17-6-2-3-14(17)11-18/h4-5,9,14H,2-3,6-8,11H2,1H3/t14-/m0/s1. The molecule has 0 unspecified atom stereocenters. The summed E-state index contributed by atoms with van der Waals surface area (Å²) in [6.07, 6.45) is 2.23. The number of piperazine rings is 1. The zero-order valence-electron chi connectivity index (χ0n) is 12.1. The first kappa shape index (κ1) is 14.5. The molecule has 2 fully saturated rings. The second-order valence-electron chi connectivity index (χ2n) is 5.79. The summed E-state index contributed by atoms with van der Waals surface area (Å²) in [6.45, 7) is 4.77. The lowest BCUT2D eigenvalue weighted by molar-refractivity contribution is 0.158. The lowest BCUT2D eigenvalue weighted by Gasteiger charge is -2.36. The molecule has 3 rings (SSSR count). The first-order chi connectivity index (χ1) is 10.0. The van der Waals surface area contributed by atoms with Gasteiger partial charge in [0.2, 0.25) is 10.0 Å². The maximum Gasteiger partial charge on any atom is 0.243 e. The third-order valence-corrected chi connectivity index (χ3v) is 6.49. The van der Waals surface area contributed by atoms with E-state index in [1.165, 1.54) is 6.07 Å². The van der Waals surface area contributed by atoms with Crippen molar-refractivity contribution in [1.29, 1.82) is 5.26 Å². The highest BCUT2D eigenvalue weighted by atomic mass is 32.2. The van der Waals surface area contributed by atoms with Gasteiger partial charge in [0.1, 0.15) is 0 Å². The van der Waals surface area contributed by atoms with Crippen molar-refractivity contribution >= 4 is 10.0 Å². The normalized spacial score (nSPS) is 23.7. The predicted molar refractivity (Wildman–Crippen MR) is 79.2 cm³/mol. The first-order valence-electron chi connectivity index (χ1n) is 7.27. The van der Waals surface area contributed by atoms with E-state index in [0.29, 0.717) is 30.3 Å². The molecule has 0 bridgehead atoms. The zero-order valence-corrected chi connectivity index (χ0v) is 12.9. The molecular formula is C15H19N3O2S. The number of rotatable bonds is 2. The van der Waals surface area contributed by atoms with Crippen molar-refractivity contribution in [2.24, 2.45) is 0 Å². The van der Waals surface area contributed by atoms with E-state index in [-0.39, 0.29) is 4.90 Å².